The van der Waals surface area contributed by atoms with Crippen molar-refractivity contribution in [3.8, 4) is 0 Å². The summed E-state index contributed by atoms with van der Waals surface area (Å²) in [6.07, 6.45) is 1.13. The Morgan fingerprint density at radius 2 is 2.04 bits per heavy atom. The number of nitrogens with zero attached hydrogens (tertiary/aromatic N) is 2. The zero-order valence-corrected chi connectivity index (χ0v) is 16.2. The van der Waals surface area contributed by atoms with Gasteiger partial charge < -0.3 is 19.4 Å². The molecule has 1 atom stereocenters. The monoisotopic (exact) mass is 371 g/mol. The molecule has 27 heavy (non-hydrogen) atoms. The summed E-state index contributed by atoms with van der Waals surface area (Å²) in [6.45, 7) is 10.1. The van der Waals surface area contributed by atoms with E-state index in [4.69, 9.17) is 9.15 Å². The second-order valence-electron chi connectivity index (χ2n) is 7.75. The first-order valence-electron chi connectivity index (χ1n) is 9.99. The van der Waals surface area contributed by atoms with Gasteiger partial charge in [-0.25, -0.2) is 0 Å². The van der Waals surface area contributed by atoms with E-state index in [1.54, 1.807) is 0 Å². The number of benzene rings is 1. The number of carbonyl (C=O) groups is 1. The molecule has 4 rings (SSSR count). The molecule has 1 aromatic heterocycles. The van der Waals surface area contributed by atoms with Gasteiger partial charge in [0.1, 0.15) is 5.58 Å². The van der Waals surface area contributed by atoms with E-state index in [0.717, 1.165) is 62.2 Å². The quantitative estimate of drug-likeness (QED) is 0.875. The van der Waals surface area contributed by atoms with Crippen LogP contribution in [0.15, 0.2) is 28.7 Å². The molecule has 6 heteroatoms. The normalized spacial score (nSPS) is 21.4. The Kier molecular flexibility index (Phi) is 5.48. The Morgan fingerprint density at radius 1 is 1.26 bits per heavy atom. The number of nitrogens with one attached hydrogen (secondary N) is 1. The van der Waals surface area contributed by atoms with E-state index in [1.807, 2.05) is 43.0 Å². The fourth-order valence-electron chi connectivity index (χ4n) is 4.08. The summed E-state index contributed by atoms with van der Waals surface area (Å²) in [5, 5.41) is 4.36. The van der Waals surface area contributed by atoms with E-state index in [0.29, 0.717) is 18.4 Å². The fourth-order valence-corrected chi connectivity index (χ4v) is 4.08. The summed E-state index contributed by atoms with van der Waals surface area (Å²) >= 11 is 0. The second-order valence-corrected chi connectivity index (χ2v) is 7.75. The van der Waals surface area contributed by atoms with Crippen LogP contribution in [-0.4, -0.2) is 67.1 Å². The maximum Gasteiger partial charge on any atom is 0.290 e. The third-order valence-corrected chi connectivity index (χ3v) is 5.57. The number of carbonyl (C=O) groups excluding carboxylic acids is 1. The van der Waals surface area contributed by atoms with Crippen molar-refractivity contribution in [1.82, 2.24) is 15.1 Å². The highest BCUT2D eigenvalue weighted by molar-refractivity contribution is 5.99. The Labute approximate surface area is 160 Å². The van der Waals surface area contributed by atoms with Gasteiger partial charge in [-0.05, 0) is 26.3 Å². The van der Waals surface area contributed by atoms with Crippen molar-refractivity contribution in [1.29, 1.82) is 0 Å². The van der Waals surface area contributed by atoms with Gasteiger partial charge in [-0.1, -0.05) is 18.2 Å². The summed E-state index contributed by atoms with van der Waals surface area (Å²) in [6, 6.07) is 8.28. The van der Waals surface area contributed by atoms with Gasteiger partial charge in [0.05, 0.1) is 12.7 Å². The molecular weight excluding hydrogens is 342 g/mol. The topological polar surface area (TPSA) is 58.0 Å². The first-order chi connectivity index (χ1) is 13.1. The summed E-state index contributed by atoms with van der Waals surface area (Å²) in [4.78, 5) is 17.7. The molecule has 146 valence electrons. The molecule has 0 aliphatic carbocycles. The first kappa shape index (κ1) is 18.5. The molecule has 2 aromatic rings. The minimum atomic E-state index is -0.00816. The number of hydrogen-bond acceptors (Lipinski definition) is 5. The van der Waals surface area contributed by atoms with Gasteiger partial charge in [-0.15, -0.1) is 0 Å². The largest absolute Gasteiger partial charge is 0.451 e. The summed E-state index contributed by atoms with van der Waals surface area (Å²) < 4.78 is 11.8. The number of ether oxygens (including phenoxy) is 1. The van der Waals surface area contributed by atoms with Crippen molar-refractivity contribution in [2.75, 3.05) is 39.3 Å². The standard InChI is InChI=1S/C21H29N3O3/c1-15(2)26-14-18-17-5-3-4-6-19(17)27-20(18)21(25)24-10-7-16(13-24)23-11-8-22-9-12-23/h3-6,15-16,22H,7-14H2,1-2H3. The van der Waals surface area contributed by atoms with Crippen LogP contribution in [0.25, 0.3) is 11.0 Å². The van der Waals surface area contributed by atoms with Crippen LogP contribution in [0.1, 0.15) is 36.4 Å². The SMILES string of the molecule is CC(C)OCc1c(C(=O)N2CCC(N3CCNCC3)C2)oc2ccccc12. The second kappa shape index (κ2) is 8.00. The molecular formula is C21H29N3O3. The Morgan fingerprint density at radius 3 is 2.81 bits per heavy atom. The zero-order chi connectivity index (χ0) is 18.8. The molecule has 2 saturated heterocycles. The number of amides is 1. The van der Waals surface area contributed by atoms with Crippen molar-refractivity contribution in [3.63, 3.8) is 0 Å². The molecule has 0 radical (unpaired) electrons. The van der Waals surface area contributed by atoms with E-state index in [1.165, 1.54) is 0 Å². The molecule has 2 aliphatic heterocycles. The summed E-state index contributed by atoms with van der Waals surface area (Å²) in [7, 11) is 0. The fraction of sp³-hybridized carbons (Fsp3) is 0.571. The first-order valence-corrected chi connectivity index (χ1v) is 9.99. The number of piperazine rings is 1. The summed E-state index contributed by atoms with van der Waals surface area (Å²) in [5.74, 6) is 0.434. The predicted molar refractivity (Wildman–Crippen MR) is 105 cm³/mol. The average Bonchev–Trinajstić information content (AvgIpc) is 3.32. The maximum absolute atomic E-state index is 13.3. The zero-order valence-electron chi connectivity index (χ0n) is 16.2. The highest BCUT2D eigenvalue weighted by Gasteiger charge is 2.34. The number of furan rings is 1. The molecule has 1 N–H and O–H groups in total. The third-order valence-electron chi connectivity index (χ3n) is 5.57. The highest BCUT2D eigenvalue weighted by atomic mass is 16.5. The molecule has 2 aliphatic rings. The van der Waals surface area contributed by atoms with E-state index in [9.17, 15) is 4.79 Å². The van der Waals surface area contributed by atoms with Crippen LogP contribution >= 0.6 is 0 Å². The lowest BCUT2D eigenvalue weighted by Gasteiger charge is -2.32. The van der Waals surface area contributed by atoms with E-state index in [-0.39, 0.29) is 12.0 Å². The van der Waals surface area contributed by atoms with Gasteiger partial charge in [0.2, 0.25) is 0 Å². The van der Waals surface area contributed by atoms with Crippen LogP contribution in [0.4, 0.5) is 0 Å². The average molecular weight is 371 g/mol. The molecule has 0 saturated carbocycles. The van der Waals surface area contributed by atoms with Gasteiger partial charge in [-0.3, -0.25) is 9.69 Å². The molecule has 3 heterocycles. The number of rotatable bonds is 5. The number of para-hydroxylation sites is 1. The van der Waals surface area contributed by atoms with Crippen molar-refractivity contribution < 1.29 is 13.9 Å². The van der Waals surface area contributed by atoms with E-state index in [2.05, 4.69) is 10.2 Å². The molecule has 2 fully saturated rings. The third kappa shape index (κ3) is 3.88. The van der Waals surface area contributed by atoms with E-state index >= 15 is 0 Å². The van der Waals surface area contributed by atoms with Crippen LogP contribution in [-0.2, 0) is 11.3 Å². The lowest BCUT2D eigenvalue weighted by Crippen LogP contribution is -2.49. The Bertz CT molecular complexity index is 795. The molecule has 1 amide bonds. The Hall–Kier alpha value is -1.89. The van der Waals surface area contributed by atoms with Gasteiger partial charge in [0.15, 0.2) is 5.76 Å². The highest BCUT2D eigenvalue weighted by Crippen LogP contribution is 2.29. The molecule has 6 nitrogen and oxygen atoms in total. The molecule has 0 spiro atoms. The van der Waals surface area contributed by atoms with Gasteiger partial charge >= 0.3 is 0 Å². The number of fused-ring (bicyclic) bond motifs is 1. The molecule has 1 unspecified atom stereocenters. The Balaban J connectivity index is 1.54. The minimum absolute atomic E-state index is 0.00816. The van der Waals surface area contributed by atoms with Gasteiger partial charge in [0, 0.05) is 56.3 Å². The van der Waals surface area contributed by atoms with Crippen LogP contribution in [0.5, 0.6) is 0 Å². The van der Waals surface area contributed by atoms with Crippen LogP contribution in [0.2, 0.25) is 0 Å². The molecule has 1 aromatic carbocycles. The lowest BCUT2D eigenvalue weighted by atomic mass is 10.1. The van der Waals surface area contributed by atoms with Crippen LogP contribution < -0.4 is 5.32 Å². The van der Waals surface area contributed by atoms with Gasteiger partial charge in [0.25, 0.3) is 5.91 Å². The van der Waals surface area contributed by atoms with Crippen LogP contribution in [0, 0.1) is 0 Å². The smallest absolute Gasteiger partial charge is 0.290 e. The van der Waals surface area contributed by atoms with Crippen LogP contribution in [0.3, 0.4) is 0 Å². The van der Waals surface area contributed by atoms with Crippen molar-refractivity contribution in [2.45, 2.75) is 39.0 Å². The lowest BCUT2D eigenvalue weighted by molar-refractivity contribution is 0.0617. The summed E-state index contributed by atoms with van der Waals surface area (Å²) in [5.41, 5.74) is 1.62. The number of hydrogen-bond donors (Lipinski definition) is 1. The predicted octanol–water partition coefficient (Wildman–Crippen LogP) is 2.48. The van der Waals surface area contributed by atoms with Crippen molar-refractivity contribution in [2.24, 2.45) is 0 Å². The van der Waals surface area contributed by atoms with E-state index < -0.39 is 0 Å². The molecule has 0 bridgehead atoms. The maximum atomic E-state index is 13.3. The van der Waals surface area contributed by atoms with Crippen molar-refractivity contribution >= 4 is 16.9 Å². The number of likely N-dealkylation sites (tertiary alicyclic amines) is 1. The minimum Gasteiger partial charge on any atom is -0.451 e. The van der Waals surface area contributed by atoms with Gasteiger partial charge in [-0.2, -0.15) is 0 Å². The van der Waals surface area contributed by atoms with Crippen molar-refractivity contribution in [3.05, 3.63) is 35.6 Å².